The van der Waals surface area contributed by atoms with Gasteiger partial charge in [0.05, 0.1) is 0 Å². The van der Waals surface area contributed by atoms with Crippen LogP contribution < -0.4 is 9.80 Å². The maximum atomic E-state index is 6.71. The molecule has 4 nitrogen and oxygen atoms in total. The maximum Gasteiger partial charge on any atom is 0.136 e. The molecule has 11 aromatic carbocycles. The monoisotopic (exact) mass is 820 g/mol. The highest BCUT2D eigenvalue weighted by molar-refractivity contribution is 6.18. The summed E-state index contributed by atoms with van der Waals surface area (Å²) in [5.74, 6) is 0. The summed E-state index contributed by atoms with van der Waals surface area (Å²) < 4.78 is 13.4. The number of hydrogen-bond acceptors (Lipinski definition) is 4. The van der Waals surface area contributed by atoms with Crippen LogP contribution in [0.2, 0.25) is 0 Å². The lowest BCUT2D eigenvalue weighted by Crippen LogP contribution is -2.11. The summed E-state index contributed by atoms with van der Waals surface area (Å²) in [6, 6.07) is 74.3. The Bertz CT molecular complexity index is 3760. The average Bonchev–Trinajstić information content (AvgIpc) is 3.85. The molecule has 13 rings (SSSR count). The lowest BCUT2D eigenvalue weighted by Gasteiger charge is -2.27. The van der Waals surface area contributed by atoms with Gasteiger partial charge in [-0.2, -0.15) is 0 Å². The van der Waals surface area contributed by atoms with Gasteiger partial charge in [-0.3, -0.25) is 0 Å². The van der Waals surface area contributed by atoms with E-state index in [1.807, 2.05) is 0 Å². The molecular formula is C60H40N2O2. The van der Waals surface area contributed by atoms with Crippen LogP contribution in [0.1, 0.15) is 11.1 Å². The van der Waals surface area contributed by atoms with E-state index in [2.05, 4.69) is 230 Å². The van der Waals surface area contributed by atoms with E-state index < -0.39 is 0 Å². The predicted octanol–water partition coefficient (Wildman–Crippen LogP) is 17.7. The van der Waals surface area contributed by atoms with Crippen molar-refractivity contribution in [2.75, 3.05) is 9.80 Å². The summed E-state index contributed by atoms with van der Waals surface area (Å²) >= 11 is 0. The summed E-state index contributed by atoms with van der Waals surface area (Å²) in [5.41, 5.74) is 12.5. The van der Waals surface area contributed by atoms with Crippen LogP contribution in [0.15, 0.2) is 215 Å². The van der Waals surface area contributed by atoms with Gasteiger partial charge in [0, 0.05) is 55.7 Å². The molecule has 64 heavy (non-hydrogen) atoms. The Labute approximate surface area is 369 Å². The standard InChI is InChI=1S/C60H40N2O2/c1-37-11-3-9-17-55(37)61(47-23-19-39-13-5-7-15-41(39)27-47)49-25-21-43-31-51-53-35-60-54(36-59(53)63-57(51)33-45(43)29-49)52-32-44-22-26-50(30-46(44)34-58(52)64-60)62(56-18-10-4-12-38(56)2)48-24-20-40-14-6-8-16-42(40)28-48/h3-36H,1-2H3. The SMILES string of the molecule is Cc1ccccc1N(c1ccc2ccccc2c1)c1ccc2cc3c(cc2c1)oc1cc2c(cc13)oc1cc3cc(N(c4ccc5ccccc5c4)c4ccccc4C)ccc3cc12. The Hall–Kier alpha value is -8.34. The minimum Gasteiger partial charge on any atom is -0.456 e. The number of fused-ring (bicyclic) bond motifs is 10. The van der Waals surface area contributed by atoms with E-state index in [0.29, 0.717) is 0 Å². The zero-order chi connectivity index (χ0) is 42.5. The van der Waals surface area contributed by atoms with Crippen molar-refractivity contribution < 1.29 is 8.83 Å². The molecule has 0 aliphatic heterocycles. The molecule has 2 heterocycles. The Morgan fingerprint density at radius 3 is 1.00 bits per heavy atom. The molecule has 302 valence electrons. The molecule has 13 aromatic rings. The molecule has 0 spiro atoms. The van der Waals surface area contributed by atoms with Crippen molar-refractivity contribution in [2.45, 2.75) is 13.8 Å². The molecule has 2 aromatic heterocycles. The van der Waals surface area contributed by atoms with Crippen LogP contribution >= 0.6 is 0 Å². The van der Waals surface area contributed by atoms with Gasteiger partial charge in [0.25, 0.3) is 0 Å². The Balaban J connectivity index is 0.906. The van der Waals surface area contributed by atoms with Gasteiger partial charge in [0.1, 0.15) is 22.3 Å². The molecule has 0 amide bonds. The number of nitrogens with zero attached hydrogens (tertiary/aromatic N) is 2. The third kappa shape index (κ3) is 5.84. The van der Waals surface area contributed by atoms with Gasteiger partial charge >= 0.3 is 0 Å². The minimum absolute atomic E-state index is 0.845. The van der Waals surface area contributed by atoms with Crippen LogP contribution in [0.3, 0.4) is 0 Å². The van der Waals surface area contributed by atoms with Crippen molar-refractivity contribution in [3.8, 4) is 0 Å². The fourth-order valence-corrected chi connectivity index (χ4v) is 9.90. The van der Waals surface area contributed by atoms with Gasteiger partial charge in [-0.1, -0.05) is 109 Å². The first-order valence-electron chi connectivity index (χ1n) is 21.9. The zero-order valence-electron chi connectivity index (χ0n) is 35.3. The highest BCUT2D eigenvalue weighted by atomic mass is 16.3. The molecule has 0 saturated carbocycles. The van der Waals surface area contributed by atoms with Crippen molar-refractivity contribution in [1.82, 2.24) is 0 Å². The van der Waals surface area contributed by atoms with Gasteiger partial charge in [-0.25, -0.2) is 0 Å². The molecular weight excluding hydrogens is 781 g/mol. The smallest absolute Gasteiger partial charge is 0.136 e. The minimum atomic E-state index is 0.845. The largest absolute Gasteiger partial charge is 0.456 e. The number of aryl methyl sites for hydroxylation is 2. The second-order valence-electron chi connectivity index (χ2n) is 17.1. The predicted molar refractivity (Wildman–Crippen MR) is 270 cm³/mol. The van der Waals surface area contributed by atoms with E-state index in [0.717, 1.165) is 99.5 Å². The lowest BCUT2D eigenvalue weighted by molar-refractivity contribution is 0.664. The van der Waals surface area contributed by atoms with Crippen LogP contribution in [0.4, 0.5) is 34.1 Å². The van der Waals surface area contributed by atoms with Crippen LogP contribution in [0.25, 0.3) is 87.0 Å². The normalized spacial score (nSPS) is 11.9. The van der Waals surface area contributed by atoms with Crippen LogP contribution in [0.5, 0.6) is 0 Å². The summed E-state index contributed by atoms with van der Waals surface area (Å²) in [4.78, 5) is 4.72. The van der Waals surface area contributed by atoms with Gasteiger partial charge in [-0.15, -0.1) is 0 Å². The van der Waals surface area contributed by atoms with E-state index in [9.17, 15) is 0 Å². The van der Waals surface area contributed by atoms with Crippen molar-refractivity contribution in [1.29, 1.82) is 0 Å². The van der Waals surface area contributed by atoms with Crippen LogP contribution in [-0.4, -0.2) is 0 Å². The second-order valence-corrected chi connectivity index (χ2v) is 17.1. The fraction of sp³-hybridized carbons (Fsp3) is 0.0333. The van der Waals surface area contributed by atoms with Crippen LogP contribution in [0, 0.1) is 13.8 Å². The third-order valence-corrected chi connectivity index (χ3v) is 13.2. The number of para-hydroxylation sites is 2. The summed E-state index contributed by atoms with van der Waals surface area (Å²) in [7, 11) is 0. The summed E-state index contributed by atoms with van der Waals surface area (Å²) in [6.45, 7) is 4.35. The molecule has 0 bridgehead atoms. The van der Waals surface area contributed by atoms with Gasteiger partial charge < -0.3 is 18.6 Å². The molecule has 0 unspecified atom stereocenters. The van der Waals surface area contributed by atoms with Gasteiger partial charge in [0.15, 0.2) is 0 Å². The van der Waals surface area contributed by atoms with E-state index in [-0.39, 0.29) is 0 Å². The topological polar surface area (TPSA) is 32.8 Å². The molecule has 0 atom stereocenters. The van der Waals surface area contributed by atoms with Crippen molar-refractivity contribution >= 4 is 121 Å². The number of rotatable bonds is 6. The first-order chi connectivity index (χ1) is 31.5. The Morgan fingerprint density at radius 2 is 0.578 bits per heavy atom. The third-order valence-electron chi connectivity index (χ3n) is 13.2. The first-order valence-corrected chi connectivity index (χ1v) is 21.9. The molecule has 0 N–H and O–H groups in total. The Morgan fingerprint density at radius 1 is 0.266 bits per heavy atom. The number of benzene rings is 11. The second kappa shape index (κ2) is 14.1. The van der Waals surface area contributed by atoms with E-state index in [4.69, 9.17) is 8.83 Å². The fourth-order valence-electron chi connectivity index (χ4n) is 9.90. The van der Waals surface area contributed by atoms with Crippen molar-refractivity contribution in [3.05, 3.63) is 217 Å². The van der Waals surface area contributed by atoms with Gasteiger partial charge in [-0.05, 0) is 165 Å². The van der Waals surface area contributed by atoms with E-state index in [1.165, 1.54) is 32.7 Å². The molecule has 0 radical (unpaired) electrons. The van der Waals surface area contributed by atoms with Crippen LogP contribution in [-0.2, 0) is 0 Å². The molecule has 4 heteroatoms. The number of furan rings is 2. The average molecular weight is 821 g/mol. The van der Waals surface area contributed by atoms with Gasteiger partial charge in [0.2, 0.25) is 0 Å². The van der Waals surface area contributed by atoms with Crippen molar-refractivity contribution in [2.24, 2.45) is 0 Å². The summed E-state index contributed by atoms with van der Waals surface area (Å²) in [6.07, 6.45) is 0. The quantitative estimate of drug-likeness (QED) is 0.167. The highest BCUT2D eigenvalue weighted by Gasteiger charge is 2.20. The van der Waals surface area contributed by atoms with E-state index >= 15 is 0 Å². The van der Waals surface area contributed by atoms with Crippen molar-refractivity contribution in [3.63, 3.8) is 0 Å². The molecule has 0 aliphatic carbocycles. The highest BCUT2D eigenvalue weighted by Crippen LogP contribution is 2.44. The molecule has 0 aliphatic rings. The molecule has 0 fully saturated rings. The summed E-state index contributed by atoms with van der Waals surface area (Å²) in [5, 5.41) is 13.6. The number of hydrogen-bond donors (Lipinski definition) is 0. The Kier molecular flexibility index (Phi) is 8.00. The maximum absolute atomic E-state index is 6.71. The lowest BCUT2D eigenvalue weighted by atomic mass is 10.0. The van der Waals surface area contributed by atoms with E-state index in [1.54, 1.807) is 0 Å². The zero-order valence-corrected chi connectivity index (χ0v) is 35.3. The number of anilines is 6. The first kappa shape index (κ1) is 36.3. The molecule has 0 saturated heterocycles.